The topological polar surface area (TPSA) is 96.5 Å². The predicted molar refractivity (Wildman–Crippen MR) is 79.3 cm³/mol. The molecule has 0 radical (unpaired) electrons. The molecule has 1 aromatic rings. The van der Waals surface area contributed by atoms with Crippen molar-refractivity contribution in [3.8, 4) is 5.75 Å². The van der Waals surface area contributed by atoms with E-state index in [-0.39, 0.29) is 18.2 Å². The summed E-state index contributed by atoms with van der Waals surface area (Å²) in [6.07, 6.45) is 1.18. The lowest BCUT2D eigenvalue weighted by Crippen LogP contribution is -2.32. The molecule has 1 aliphatic rings. The van der Waals surface area contributed by atoms with Crippen molar-refractivity contribution in [2.24, 2.45) is 0 Å². The smallest absolute Gasteiger partial charge is 0.322 e. The first-order valence-corrected chi connectivity index (χ1v) is 7.21. The fourth-order valence-electron chi connectivity index (χ4n) is 2.03. The monoisotopic (exact) mass is 305 g/mol. The first-order chi connectivity index (χ1) is 10.6. The third-order valence-electron chi connectivity index (χ3n) is 3.17. The summed E-state index contributed by atoms with van der Waals surface area (Å²) in [6.45, 7) is 1.03. The number of carbonyl (C=O) groups is 3. The summed E-state index contributed by atoms with van der Waals surface area (Å²) in [5.74, 6) is 0.277. The fourth-order valence-corrected chi connectivity index (χ4v) is 2.03. The van der Waals surface area contributed by atoms with Gasteiger partial charge < -0.3 is 15.4 Å². The van der Waals surface area contributed by atoms with Crippen LogP contribution in [0.15, 0.2) is 30.3 Å². The molecule has 3 N–H and O–H groups in total. The lowest BCUT2D eigenvalue weighted by molar-refractivity contribution is -0.122. The van der Waals surface area contributed by atoms with Gasteiger partial charge in [-0.1, -0.05) is 18.2 Å². The number of imide groups is 1. The average Bonchev–Trinajstić information content (AvgIpc) is 2.84. The zero-order valence-electron chi connectivity index (χ0n) is 12.1. The third-order valence-corrected chi connectivity index (χ3v) is 3.17. The molecule has 2 rings (SSSR count). The van der Waals surface area contributed by atoms with E-state index >= 15 is 0 Å². The van der Waals surface area contributed by atoms with Crippen molar-refractivity contribution in [1.29, 1.82) is 0 Å². The Kier molecular flexibility index (Phi) is 5.76. The number of ether oxygens (including phenoxy) is 1. The van der Waals surface area contributed by atoms with Crippen molar-refractivity contribution in [2.45, 2.75) is 25.3 Å². The largest absolute Gasteiger partial charge is 0.494 e. The molecule has 4 amide bonds. The van der Waals surface area contributed by atoms with Crippen molar-refractivity contribution in [2.75, 3.05) is 13.2 Å². The molecule has 22 heavy (non-hydrogen) atoms. The average molecular weight is 305 g/mol. The summed E-state index contributed by atoms with van der Waals surface area (Å²) < 4.78 is 5.50. The summed E-state index contributed by atoms with van der Waals surface area (Å²) in [6, 6.07) is 8.34. The van der Waals surface area contributed by atoms with Crippen molar-refractivity contribution < 1.29 is 19.1 Å². The molecule has 1 heterocycles. The van der Waals surface area contributed by atoms with Crippen LogP contribution in [0.4, 0.5) is 4.79 Å². The Labute approximate surface area is 128 Å². The summed E-state index contributed by atoms with van der Waals surface area (Å²) >= 11 is 0. The number of para-hydroxylation sites is 1. The van der Waals surface area contributed by atoms with E-state index < -0.39 is 12.1 Å². The molecule has 7 nitrogen and oxygen atoms in total. The van der Waals surface area contributed by atoms with E-state index in [1.165, 1.54) is 0 Å². The molecule has 0 aromatic heterocycles. The molecule has 118 valence electrons. The van der Waals surface area contributed by atoms with Gasteiger partial charge in [-0.3, -0.25) is 14.9 Å². The molecular formula is C15H19N3O4. The van der Waals surface area contributed by atoms with Gasteiger partial charge in [-0.15, -0.1) is 0 Å². The molecule has 1 aliphatic heterocycles. The highest BCUT2D eigenvalue weighted by molar-refractivity contribution is 6.04. The first-order valence-electron chi connectivity index (χ1n) is 7.21. The van der Waals surface area contributed by atoms with E-state index in [4.69, 9.17) is 4.74 Å². The van der Waals surface area contributed by atoms with E-state index in [1.807, 2.05) is 30.3 Å². The minimum atomic E-state index is -0.611. The van der Waals surface area contributed by atoms with Crippen LogP contribution >= 0.6 is 0 Å². The minimum Gasteiger partial charge on any atom is -0.494 e. The van der Waals surface area contributed by atoms with Crippen LogP contribution < -0.4 is 20.7 Å². The number of nitrogens with one attached hydrogen (secondary N) is 3. The molecule has 0 saturated carbocycles. The van der Waals surface area contributed by atoms with Crippen LogP contribution in [0.5, 0.6) is 5.75 Å². The summed E-state index contributed by atoms with van der Waals surface area (Å²) in [7, 11) is 0. The summed E-state index contributed by atoms with van der Waals surface area (Å²) in [5.41, 5.74) is 0. The number of rotatable bonds is 8. The van der Waals surface area contributed by atoms with Crippen LogP contribution in [-0.2, 0) is 9.59 Å². The van der Waals surface area contributed by atoms with Gasteiger partial charge in [0.05, 0.1) is 6.61 Å². The number of hydrogen-bond acceptors (Lipinski definition) is 4. The highest BCUT2D eigenvalue weighted by atomic mass is 16.5. The molecule has 0 spiro atoms. The fraction of sp³-hybridized carbons (Fsp3) is 0.400. The summed E-state index contributed by atoms with van der Waals surface area (Å²) in [4.78, 5) is 33.8. The van der Waals surface area contributed by atoms with E-state index in [9.17, 15) is 14.4 Å². The van der Waals surface area contributed by atoms with Gasteiger partial charge in [0, 0.05) is 13.0 Å². The van der Waals surface area contributed by atoms with Gasteiger partial charge in [0.2, 0.25) is 5.91 Å². The molecule has 1 atom stereocenters. The third kappa shape index (κ3) is 5.08. The lowest BCUT2D eigenvalue weighted by atomic mass is 10.1. The quantitative estimate of drug-likeness (QED) is 0.483. The second kappa shape index (κ2) is 8.02. The van der Waals surface area contributed by atoms with Crippen LogP contribution in [-0.4, -0.2) is 37.0 Å². The Hall–Kier alpha value is -2.57. The Balaban J connectivity index is 1.53. The molecule has 1 fully saturated rings. The van der Waals surface area contributed by atoms with Crippen molar-refractivity contribution in [3.63, 3.8) is 0 Å². The van der Waals surface area contributed by atoms with Crippen LogP contribution in [0, 0.1) is 0 Å². The minimum absolute atomic E-state index is 0.145. The standard InChI is InChI=1S/C15H19N3O4/c19-13(8-7-12-14(20)18-15(21)17-12)16-9-4-10-22-11-5-2-1-3-6-11/h1-3,5-6,12H,4,7-10H2,(H,16,19)(H2,17,18,20,21)/t12-/m0/s1. The maximum absolute atomic E-state index is 11.6. The Morgan fingerprint density at radius 1 is 1.23 bits per heavy atom. The number of urea groups is 1. The second-order valence-electron chi connectivity index (χ2n) is 4.92. The van der Waals surface area contributed by atoms with Gasteiger partial charge in [-0.25, -0.2) is 4.79 Å². The van der Waals surface area contributed by atoms with E-state index in [1.54, 1.807) is 0 Å². The van der Waals surface area contributed by atoms with Gasteiger partial charge in [0.25, 0.3) is 5.91 Å². The molecular weight excluding hydrogens is 286 g/mol. The number of carbonyl (C=O) groups excluding carboxylic acids is 3. The van der Waals surface area contributed by atoms with Crippen molar-refractivity contribution >= 4 is 17.8 Å². The first kappa shape index (κ1) is 15.8. The summed E-state index contributed by atoms with van der Waals surface area (Å²) in [5, 5.41) is 7.34. The van der Waals surface area contributed by atoms with Gasteiger partial charge in [-0.05, 0) is 25.0 Å². The maximum atomic E-state index is 11.6. The molecule has 0 aliphatic carbocycles. The molecule has 7 heteroatoms. The lowest BCUT2D eigenvalue weighted by Gasteiger charge is -2.09. The number of amides is 4. The SMILES string of the molecule is O=C(CC[C@@H]1NC(=O)NC1=O)NCCCOc1ccccc1. The Morgan fingerprint density at radius 2 is 2.00 bits per heavy atom. The number of benzene rings is 1. The van der Waals surface area contributed by atoms with Crippen LogP contribution in [0.3, 0.4) is 0 Å². The van der Waals surface area contributed by atoms with Crippen LogP contribution in [0.2, 0.25) is 0 Å². The van der Waals surface area contributed by atoms with Gasteiger partial charge in [0.15, 0.2) is 0 Å². The van der Waals surface area contributed by atoms with Crippen molar-refractivity contribution in [1.82, 2.24) is 16.0 Å². The predicted octanol–water partition coefficient (Wildman–Crippen LogP) is 0.560. The van der Waals surface area contributed by atoms with Gasteiger partial charge in [0.1, 0.15) is 11.8 Å². The number of hydrogen-bond donors (Lipinski definition) is 3. The maximum Gasteiger partial charge on any atom is 0.322 e. The Bertz CT molecular complexity index is 533. The highest BCUT2D eigenvalue weighted by Gasteiger charge is 2.29. The molecule has 1 saturated heterocycles. The van der Waals surface area contributed by atoms with E-state index in [0.717, 1.165) is 5.75 Å². The normalized spacial score (nSPS) is 16.8. The zero-order chi connectivity index (χ0) is 15.8. The van der Waals surface area contributed by atoms with Gasteiger partial charge >= 0.3 is 6.03 Å². The molecule has 1 aromatic carbocycles. The zero-order valence-corrected chi connectivity index (χ0v) is 12.1. The van der Waals surface area contributed by atoms with Crippen LogP contribution in [0.1, 0.15) is 19.3 Å². The van der Waals surface area contributed by atoms with Crippen molar-refractivity contribution in [3.05, 3.63) is 30.3 Å². The van der Waals surface area contributed by atoms with E-state index in [0.29, 0.717) is 26.0 Å². The second-order valence-corrected chi connectivity index (χ2v) is 4.92. The van der Waals surface area contributed by atoms with Crippen LogP contribution in [0.25, 0.3) is 0 Å². The molecule has 0 unspecified atom stereocenters. The molecule has 0 bridgehead atoms. The van der Waals surface area contributed by atoms with Gasteiger partial charge in [-0.2, -0.15) is 0 Å². The van der Waals surface area contributed by atoms with E-state index in [2.05, 4.69) is 16.0 Å². The highest BCUT2D eigenvalue weighted by Crippen LogP contribution is 2.08. The Morgan fingerprint density at radius 3 is 2.68 bits per heavy atom.